The zero-order valence-corrected chi connectivity index (χ0v) is 10.1. The summed E-state index contributed by atoms with van der Waals surface area (Å²) in [5.74, 6) is -1.27. The van der Waals surface area contributed by atoms with Gasteiger partial charge in [0.15, 0.2) is 0 Å². The highest BCUT2D eigenvalue weighted by molar-refractivity contribution is 5.89. The van der Waals surface area contributed by atoms with Gasteiger partial charge >= 0.3 is 5.97 Å². The molecule has 96 valence electrons. The van der Waals surface area contributed by atoms with Crippen molar-refractivity contribution >= 4 is 11.9 Å². The van der Waals surface area contributed by atoms with E-state index in [2.05, 4.69) is 5.32 Å². The van der Waals surface area contributed by atoms with E-state index in [1.165, 1.54) is 0 Å². The van der Waals surface area contributed by atoms with E-state index in [0.29, 0.717) is 18.7 Å². The molecule has 0 aromatic heterocycles. The van der Waals surface area contributed by atoms with E-state index in [4.69, 9.17) is 9.84 Å². The molecule has 1 saturated carbocycles. The van der Waals surface area contributed by atoms with Crippen molar-refractivity contribution in [2.45, 2.75) is 13.0 Å². The summed E-state index contributed by atoms with van der Waals surface area (Å²) >= 11 is 0. The lowest BCUT2D eigenvalue weighted by Crippen LogP contribution is -2.26. The lowest BCUT2D eigenvalue weighted by molar-refractivity contribution is -0.140. The number of amides is 1. The first-order valence-corrected chi connectivity index (χ1v) is 5.76. The van der Waals surface area contributed by atoms with Crippen LogP contribution in [0, 0.1) is 11.8 Å². The van der Waals surface area contributed by atoms with Gasteiger partial charge < -0.3 is 15.2 Å². The maximum atomic E-state index is 11.7. The number of ether oxygens (including phenoxy) is 1. The third-order valence-corrected chi connectivity index (χ3v) is 3.09. The Balaban J connectivity index is 1.89. The lowest BCUT2D eigenvalue weighted by atomic mass is 10.2. The fraction of sp³-hybridized carbons (Fsp3) is 0.385. The minimum Gasteiger partial charge on any atom is -0.496 e. The van der Waals surface area contributed by atoms with Crippen LogP contribution < -0.4 is 10.1 Å². The second-order valence-corrected chi connectivity index (χ2v) is 4.32. The highest BCUT2D eigenvalue weighted by atomic mass is 16.5. The Morgan fingerprint density at radius 3 is 2.72 bits per heavy atom. The zero-order valence-electron chi connectivity index (χ0n) is 10.1. The Morgan fingerprint density at radius 1 is 1.39 bits per heavy atom. The normalized spacial score (nSPS) is 21.2. The Bertz CT molecular complexity index is 472. The van der Waals surface area contributed by atoms with Gasteiger partial charge in [-0.1, -0.05) is 18.2 Å². The molecule has 2 N–H and O–H groups in total. The van der Waals surface area contributed by atoms with E-state index in [1.54, 1.807) is 7.11 Å². The van der Waals surface area contributed by atoms with Crippen molar-refractivity contribution < 1.29 is 19.4 Å². The molecule has 0 aliphatic heterocycles. The highest BCUT2D eigenvalue weighted by Gasteiger charge is 2.48. The van der Waals surface area contributed by atoms with Gasteiger partial charge in [-0.25, -0.2) is 0 Å². The fourth-order valence-corrected chi connectivity index (χ4v) is 1.92. The Labute approximate surface area is 105 Å². The molecule has 0 saturated heterocycles. The molecule has 1 aromatic rings. The number of rotatable bonds is 5. The summed E-state index contributed by atoms with van der Waals surface area (Å²) in [6.45, 7) is 0.353. The van der Waals surface area contributed by atoms with Crippen LogP contribution in [-0.2, 0) is 16.1 Å². The molecule has 2 atom stereocenters. The number of hydrogen-bond donors (Lipinski definition) is 2. The summed E-state index contributed by atoms with van der Waals surface area (Å²) in [5, 5.41) is 11.5. The van der Waals surface area contributed by atoms with Crippen LogP contribution in [0.5, 0.6) is 5.75 Å². The number of carboxylic acids is 1. The standard InChI is InChI=1S/C13H15NO4/c1-18-11-5-3-2-4-8(11)7-14-12(15)9-6-10(9)13(16)17/h2-5,9-10H,6-7H2,1H3,(H,14,15)(H,16,17)/t9-,10+/m1/s1. The van der Waals surface area contributed by atoms with Gasteiger partial charge in [0.2, 0.25) is 5.91 Å². The van der Waals surface area contributed by atoms with Crippen molar-refractivity contribution in [3.8, 4) is 5.75 Å². The maximum absolute atomic E-state index is 11.7. The summed E-state index contributed by atoms with van der Waals surface area (Å²) < 4.78 is 5.17. The molecule has 0 unspecified atom stereocenters. The monoisotopic (exact) mass is 249 g/mol. The van der Waals surface area contributed by atoms with Gasteiger partial charge in [0, 0.05) is 12.1 Å². The number of aliphatic carboxylic acids is 1. The number of benzene rings is 1. The van der Waals surface area contributed by atoms with Gasteiger partial charge in [0.1, 0.15) is 5.75 Å². The van der Waals surface area contributed by atoms with E-state index >= 15 is 0 Å². The fourth-order valence-electron chi connectivity index (χ4n) is 1.92. The average molecular weight is 249 g/mol. The van der Waals surface area contributed by atoms with Crippen molar-refractivity contribution in [2.75, 3.05) is 7.11 Å². The summed E-state index contributed by atoms with van der Waals surface area (Å²) in [4.78, 5) is 22.3. The summed E-state index contributed by atoms with van der Waals surface area (Å²) in [5.41, 5.74) is 0.876. The number of nitrogens with one attached hydrogen (secondary N) is 1. The minimum absolute atomic E-state index is 0.201. The van der Waals surface area contributed by atoms with Gasteiger partial charge in [0.05, 0.1) is 18.9 Å². The van der Waals surface area contributed by atoms with Crippen molar-refractivity contribution in [1.82, 2.24) is 5.32 Å². The number of carbonyl (C=O) groups is 2. The van der Waals surface area contributed by atoms with E-state index in [9.17, 15) is 9.59 Å². The Morgan fingerprint density at radius 2 is 2.11 bits per heavy atom. The van der Waals surface area contributed by atoms with Crippen LogP contribution in [0.15, 0.2) is 24.3 Å². The number of carbonyl (C=O) groups excluding carboxylic acids is 1. The van der Waals surface area contributed by atoms with Crippen LogP contribution in [0.1, 0.15) is 12.0 Å². The number of para-hydroxylation sites is 1. The number of carboxylic acid groups (broad SMARTS) is 1. The molecule has 1 aliphatic carbocycles. The van der Waals surface area contributed by atoms with Crippen molar-refractivity contribution in [1.29, 1.82) is 0 Å². The van der Waals surface area contributed by atoms with Gasteiger partial charge in [-0.05, 0) is 12.5 Å². The van der Waals surface area contributed by atoms with E-state index in [-0.39, 0.29) is 11.8 Å². The van der Waals surface area contributed by atoms with Gasteiger partial charge in [-0.3, -0.25) is 9.59 Å². The third-order valence-electron chi connectivity index (χ3n) is 3.09. The average Bonchev–Trinajstić information content (AvgIpc) is 3.16. The van der Waals surface area contributed by atoms with Crippen molar-refractivity contribution in [2.24, 2.45) is 11.8 Å². The lowest BCUT2D eigenvalue weighted by Gasteiger charge is -2.09. The van der Waals surface area contributed by atoms with Crippen LogP contribution in [-0.4, -0.2) is 24.1 Å². The molecule has 1 aliphatic rings. The molecular formula is C13H15NO4. The second kappa shape index (κ2) is 5.08. The number of methoxy groups -OCH3 is 1. The third kappa shape index (κ3) is 2.61. The topological polar surface area (TPSA) is 75.6 Å². The summed E-state index contributed by atoms with van der Waals surface area (Å²) in [6.07, 6.45) is 0.438. The van der Waals surface area contributed by atoms with Crippen LogP contribution in [0.3, 0.4) is 0 Å². The highest BCUT2D eigenvalue weighted by Crippen LogP contribution is 2.38. The van der Waals surface area contributed by atoms with E-state index in [1.807, 2.05) is 24.3 Å². The van der Waals surface area contributed by atoms with Crippen molar-refractivity contribution in [3.05, 3.63) is 29.8 Å². The molecule has 5 nitrogen and oxygen atoms in total. The molecule has 2 rings (SSSR count). The molecule has 0 heterocycles. The van der Waals surface area contributed by atoms with E-state index < -0.39 is 11.9 Å². The van der Waals surface area contributed by atoms with E-state index in [0.717, 1.165) is 5.56 Å². The Hall–Kier alpha value is -2.04. The second-order valence-electron chi connectivity index (χ2n) is 4.32. The predicted molar refractivity (Wildman–Crippen MR) is 64.1 cm³/mol. The summed E-state index contributed by atoms with van der Waals surface area (Å²) in [6, 6.07) is 7.39. The smallest absolute Gasteiger partial charge is 0.307 e. The van der Waals surface area contributed by atoms with Gasteiger partial charge in [-0.15, -0.1) is 0 Å². The van der Waals surface area contributed by atoms with Crippen LogP contribution in [0.25, 0.3) is 0 Å². The number of hydrogen-bond acceptors (Lipinski definition) is 3. The quantitative estimate of drug-likeness (QED) is 0.817. The predicted octanol–water partition coefficient (Wildman–Crippen LogP) is 1.03. The largest absolute Gasteiger partial charge is 0.496 e. The first kappa shape index (κ1) is 12.4. The molecule has 1 fully saturated rings. The Kier molecular flexibility index (Phi) is 3.50. The zero-order chi connectivity index (χ0) is 13.1. The maximum Gasteiger partial charge on any atom is 0.307 e. The minimum atomic E-state index is -0.896. The molecule has 0 bridgehead atoms. The molecule has 0 radical (unpaired) electrons. The first-order valence-electron chi connectivity index (χ1n) is 5.76. The molecule has 1 amide bonds. The summed E-state index contributed by atoms with van der Waals surface area (Å²) in [7, 11) is 1.57. The molecule has 1 aromatic carbocycles. The van der Waals surface area contributed by atoms with Crippen LogP contribution in [0.2, 0.25) is 0 Å². The SMILES string of the molecule is COc1ccccc1CNC(=O)[C@@H]1C[C@@H]1C(=O)O. The van der Waals surface area contributed by atoms with Crippen LogP contribution in [0.4, 0.5) is 0 Å². The van der Waals surface area contributed by atoms with Gasteiger partial charge in [-0.2, -0.15) is 0 Å². The molecule has 0 spiro atoms. The van der Waals surface area contributed by atoms with Crippen LogP contribution >= 0.6 is 0 Å². The molecule has 18 heavy (non-hydrogen) atoms. The molecular weight excluding hydrogens is 234 g/mol. The van der Waals surface area contributed by atoms with Gasteiger partial charge in [0.25, 0.3) is 0 Å². The molecule has 5 heteroatoms. The van der Waals surface area contributed by atoms with Crippen molar-refractivity contribution in [3.63, 3.8) is 0 Å². The first-order chi connectivity index (χ1) is 8.63.